The minimum absolute atomic E-state index is 0.155. The molecule has 1 aliphatic rings. The van der Waals surface area contributed by atoms with Crippen LogP contribution in [0.25, 0.3) is 0 Å². The van der Waals surface area contributed by atoms with E-state index < -0.39 is 0 Å². The van der Waals surface area contributed by atoms with Crippen molar-refractivity contribution >= 4 is 11.7 Å². The second-order valence-electron chi connectivity index (χ2n) is 9.06. The summed E-state index contributed by atoms with van der Waals surface area (Å²) < 4.78 is 31.0. The normalized spacial score (nSPS) is 14.6. The summed E-state index contributed by atoms with van der Waals surface area (Å²) in [6, 6.07) is 13.8. The van der Waals surface area contributed by atoms with Gasteiger partial charge in [0.25, 0.3) is 0 Å². The Morgan fingerprint density at radius 2 is 1.84 bits per heavy atom. The van der Waals surface area contributed by atoms with Gasteiger partial charge in [-0.25, -0.2) is 9.18 Å². The van der Waals surface area contributed by atoms with Crippen molar-refractivity contribution in [2.24, 2.45) is 0 Å². The summed E-state index contributed by atoms with van der Waals surface area (Å²) in [4.78, 5) is 14.9. The molecule has 8 heteroatoms. The minimum atomic E-state index is -0.384. The summed E-state index contributed by atoms with van der Waals surface area (Å²) in [5, 5.41) is 2.92. The number of nitrogens with one attached hydrogen (secondary N) is 1. The molecule has 0 bridgehead atoms. The number of anilines is 1. The maximum absolute atomic E-state index is 14.0. The molecule has 4 rings (SSSR count). The van der Waals surface area contributed by atoms with Crippen LogP contribution >= 0.6 is 0 Å². The van der Waals surface area contributed by atoms with Crippen LogP contribution in [0.4, 0.5) is 14.9 Å². The van der Waals surface area contributed by atoms with E-state index >= 15 is 0 Å². The molecular weight excluding hydrogens is 473 g/mol. The molecule has 0 aromatic heterocycles. The number of rotatable bonds is 8. The molecule has 1 aliphatic heterocycles. The molecule has 2 amide bonds. The van der Waals surface area contributed by atoms with E-state index in [-0.39, 0.29) is 17.9 Å². The molecule has 0 saturated carbocycles. The van der Waals surface area contributed by atoms with E-state index in [1.807, 2.05) is 49.1 Å². The average Bonchev–Trinajstić information content (AvgIpc) is 2.88. The summed E-state index contributed by atoms with van der Waals surface area (Å²) >= 11 is 0. The number of fused-ring (bicyclic) bond motifs is 1. The minimum Gasteiger partial charge on any atom is -0.495 e. The van der Waals surface area contributed by atoms with Crippen LogP contribution in [0.15, 0.2) is 48.5 Å². The number of urea groups is 1. The molecule has 1 unspecified atom stereocenters. The number of carbonyl (C=O) groups is 1. The molecule has 1 heterocycles. The maximum atomic E-state index is 14.0. The maximum Gasteiger partial charge on any atom is 0.318 e. The van der Waals surface area contributed by atoms with Crippen LogP contribution in [-0.2, 0) is 12.8 Å². The lowest BCUT2D eigenvalue weighted by molar-refractivity contribution is 0.180. The lowest BCUT2D eigenvalue weighted by Gasteiger charge is -2.38. The van der Waals surface area contributed by atoms with Gasteiger partial charge in [0.05, 0.1) is 32.6 Å². The van der Waals surface area contributed by atoms with Crippen molar-refractivity contribution < 1.29 is 23.4 Å². The van der Waals surface area contributed by atoms with Crippen molar-refractivity contribution in [3.63, 3.8) is 0 Å². The van der Waals surface area contributed by atoms with Crippen LogP contribution in [-0.4, -0.2) is 44.8 Å². The van der Waals surface area contributed by atoms with Gasteiger partial charge in [0.2, 0.25) is 0 Å². The molecule has 0 aliphatic carbocycles. The number of benzene rings is 3. The van der Waals surface area contributed by atoms with Gasteiger partial charge >= 0.3 is 6.03 Å². The number of amides is 2. The number of aryl methyl sites for hydroxylation is 1. The number of nitrogen functional groups attached to an aromatic ring is 1. The molecule has 196 valence electrons. The van der Waals surface area contributed by atoms with E-state index in [1.54, 1.807) is 20.3 Å². The SMILES string of the molecule is CCNC(=O)N1CCc2cc(OC)c(OCCc3ccc(OC)c(N)c3)cc2C1c1ccc(F)cc1C. The van der Waals surface area contributed by atoms with Crippen molar-refractivity contribution in [2.45, 2.75) is 32.7 Å². The standard InChI is InChI=1S/C29H34FN3O4/c1-5-32-29(34)33-12-10-20-16-26(36-4)27(37-13-11-19-6-9-25(35-3)24(31)15-19)17-23(20)28(33)22-8-7-21(30)14-18(22)2/h6-9,14-17,28H,5,10-13,31H2,1-4H3,(H,32,34). The van der Waals surface area contributed by atoms with Gasteiger partial charge in [-0.1, -0.05) is 12.1 Å². The molecule has 0 saturated heterocycles. The predicted octanol–water partition coefficient (Wildman–Crippen LogP) is 5.03. The van der Waals surface area contributed by atoms with Gasteiger partial charge in [-0.05, 0) is 84.5 Å². The van der Waals surface area contributed by atoms with Crippen molar-refractivity contribution in [1.29, 1.82) is 0 Å². The Labute approximate surface area is 217 Å². The molecule has 3 N–H and O–H groups in total. The van der Waals surface area contributed by atoms with Gasteiger partial charge in [-0.15, -0.1) is 0 Å². The van der Waals surface area contributed by atoms with E-state index in [0.717, 1.165) is 27.8 Å². The van der Waals surface area contributed by atoms with E-state index in [4.69, 9.17) is 19.9 Å². The molecule has 3 aromatic rings. The Morgan fingerprint density at radius 3 is 2.51 bits per heavy atom. The Morgan fingerprint density at radius 1 is 1.05 bits per heavy atom. The first-order chi connectivity index (χ1) is 17.9. The number of hydrogen-bond donors (Lipinski definition) is 2. The highest BCUT2D eigenvalue weighted by Crippen LogP contribution is 2.42. The lowest BCUT2D eigenvalue weighted by Crippen LogP contribution is -2.46. The Bertz CT molecular complexity index is 1280. The van der Waals surface area contributed by atoms with Crippen LogP contribution in [0.3, 0.4) is 0 Å². The van der Waals surface area contributed by atoms with Gasteiger partial charge < -0.3 is 30.2 Å². The van der Waals surface area contributed by atoms with Crippen LogP contribution in [0.2, 0.25) is 0 Å². The van der Waals surface area contributed by atoms with E-state index in [9.17, 15) is 9.18 Å². The number of halogens is 1. The first-order valence-electron chi connectivity index (χ1n) is 12.4. The number of hydrogen-bond acceptors (Lipinski definition) is 5. The molecule has 1 atom stereocenters. The summed E-state index contributed by atoms with van der Waals surface area (Å²) in [5.41, 5.74) is 11.3. The molecule has 0 fully saturated rings. The highest BCUT2D eigenvalue weighted by atomic mass is 19.1. The van der Waals surface area contributed by atoms with Crippen molar-refractivity contribution in [3.8, 4) is 17.2 Å². The molecular formula is C29H34FN3O4. The zero-order chi connectivity index (χ0) is 26.5. The van der Waals surface area contributed by atoms with Gasteiger partial charge in [0.15, 0.2) is 11.5 Å². The van der Waals surface area contributed by atoms with Crippen molar-refractivity contribution in [3.05, 3.63) is 82.2 Å². The molecule has 7 nitrogen and oxygen atoms in total. The summed E-state index contributed by atoms with van der Waals surface area (Å²) in [6.07, 6.45) is 1.31. The quantitative estimate of drug-likeness (QED) is 0.418. The fourth-order valence-electron chi connectivity index (χ4n) is 4.87. The molecule has 0 spiro atoms. The van der Waals surface area contributed by atoms with E-state index in [0.29, 0.717) is 55.5 Å². The first kappa shape index (κ1) is 26.1. The van der Waals surface area contributed by atoms with Crippen LogP contribution in [0.5, 0.6) is 17.2 Å². The van der Waals surface area contributed by atoms with Crippen molar-refractivity contribution in [1.82, 2.24) is 10.2 Å². The van der Waals surface area contributed by atoms with E-state index in [1.165, 1.54) is 12.1 Å². The summed E-state index contributed by atoms with van der Waals surface area (Å²) in [5.74, 6) is 1.55. The monoisotopic (exact) mass is 507 g/mol. The highest BCUT2D eigenvalue weighted by Gasteiger charge is 2.34. The zero-order valence-corrected chi connectivity index (χ0v) is 21.8. The number of carbonyl (C=O) groups excluding carboxylic acids is 1. The predicted molar refractivity (Wildman–Crippen MR) is 142 cm³/mol. The number of nitrogens with two attached hydrogens (primary N) is 1. The molecule has 0 radical (unpaired) electrons. The second kappa shape index (κ2) is 11.4. The zero-order valence-electron chi connectivity index (χ0n) is 21.8. The number of nitrogens with zero attached hydrogens (tertiary/aromatic N) is 1. The van der Waals surface area contributed by atoms with Gasteiger partial charge in [0, 0.05) is 19.5 Å². The number of ether oxygens (including phenoxy) is 3. The van der Waals surface area contributed by atoms with E-state index in [2.05, 4.69) is 5.32 Å². The molecule has 3 aromatic carbocycles. The largest absolute Gasteiger partial charge is 0.495 e. The summed E-state index contributed by atoms with van der Waals surface area (Å²) in [6.45, 7) is 5.21. The van der Waals surface area contributed by atoms with Gasteiger partial charge in [-0.3, -0.25) is 0 Å². The third kappa shape index (κ3) is 5.58. The second-order valence-corrected chi connectivity index (χ2v) is 9.06. The topological polar surface area (TPSA) is 86.1 Å². The third-order valence-electron chi connectivity index (χ3n) is 6.71. The lowest BCUT2D eigenvalue weighted by atomic mass is 9.86. The highest BCUT2D eigenvalue weighted by molar-refractivity contribution is 5.76. The Hall–Kier alpha value is -3.94. The van der Waals surface area contributed by atoms with Crippen LogP contribution < -0.4 is 25.3 Å². The van der Waals surface area contributed by atoms with Crippen molar-refractivity contribution in [2.75, 3.05) is 39.6 Å². The fraction of sp³-hybridized carbons (Fsp3) is 0.345. The van der Waals surface area contributed by atoms with Crippen LogP contribution in [0, 0.1) is 12.7 Å². The van der Waals surface area contributed by atoms with Gasteiger partial charge in [0.1, 0.15) is 11.6 Å². The molecule has 37 heavy (non-hydrogen) atoms. The first-order valence-corrected chi connectivity index (χ1v) is 12.4. The van der Waals surface area contributed by atoms with Gasteiger partial charge in [-0.2, -0.15) is 0 Å². The Kier molecular flexibility index (Phi) is 8.06. The summed E-state index contributed by atoms with van der Waals surface area (Å²) in [7, 11) is 3.20. The number of methoxy groups -OCH3 is 2. The van der Waals surface area contributed by atoms with Crippen LogP contribution in [0.1, 0.15) is 40.8 Å². The third-order valence-corrected chi connectivity index (χ3v) is 6.71. The average molecular weight is 508 g/mol. The smallest absolute Gasteiger partial charge is 0.318 e. The fourth-order valence-corrected chi connectivity index (χ4v) is 4.87. The Balaban J connectivity index is 1.67.